The van der Waals surface area contributed by atoms with E-state index in [1.54, 1.807) is 23.7 Å². The molecule has 0 fully saturated rings. The molecule has 0 aromatic carbocycles. The fourth-order valence-electron chi connectivity index (χ4n) is 1.67. The zero-order valence-corrected chi connectivity index (χ0v) is 12.0. The van der Waals surface area contributed by atoms with E-state index in [9.17, 15) is 4.79 Å². The van der Waals surface area contributed by atoms with Gasteiger partial charge in [0, 0.05) is 5.39 Å². The summed E-state index contributed by atoms with van der Waals surface area (Å²) in [7, 11) is 0. The molecule has 0 spiro atoms. The zero-order valence-electron chi connectivity index (χ0n) is 10.4. The Kier molecular flexibility index (Phi) is 3.98. The first-order valence-corrected chi connectivity index (χ1v) is 7.79. The molecule has 3 aromatic heterocycles. The lowest BCUT2D eigenvalue weighted by Gasteiger charge is -2.03. The fraction of sp³-hybridized carbons (Fsp3) is 0.154. The highest BCUT2D eigenvalue weighted by molar-refractivity contribution is 8.00. The second-order valence-electron chi connectivity index (χ2n) is 3.96. The molecule has 0 unspecified atom stereocenters. The first-order chi connectivity index (χ1) is 9.83. The van der Waals surface area contributed by atoms with Gasteiger partial charge in [-0.15, -0.1) is 11.3 Å². The Morgan fingerprint density at radius 2 is 2.35 bits per heavy atom. The van der Waals surface area contributed by atoms with Gasteiger partial charge in [-0.25, -0.2) is 9.97 Å². The number of thioether (sulfide) groups is 1. The van der Waals surface area contributed by atoms with Crippen molar-refractivity contribution in [2.45, 2.75) is 11.6 Å². The average Bonchev–Trinajstić information content (AvgIpc) is 3.13. The minimum atomic E-state index is -0.0478. The molecule has 20 heavy (non-hydrogen) atoms. The van der Waals surface area contributed by atoms with Gasteiger partial charge >= 0.3 is 0 Å². The van der Waals surface area contributed by atoms with E-state index in [4.69, 9.17) is 4.42 Å². The average molecular weight is 305 g/mol. The number of aromatic nitrogens is 2. The molecular weight excluding hydrogens is 294 g/mol. The maximum absolute atomic E-state index is 11.8. The van der Waals surface area contributed by atoms with Crippen molar-refractivity contribution in [2.24, 2.45) is 0 Å². The van der Waals surface area contributed by atoms with Gasteiger partial charge in [0.2, 0.25) is 5.91 Å². The van der Waals surface area contributed by atoms with Crippen LogP contribution >= 0.6 is 23.1 Å². The topological polar surface area (TPSA) is 68.0 Å². The molecule has 3 aromatic rings. The van der Waals surface area contributed by atoms with Crippen LogP contribution in [0.1, 0.15) is 5.76 Å². The number of thiophene rings is 1. The second-order valence-corrected chi connectivity index (χ2v) is 5.82. The van der Waals surface area contributed by atoms with Crippen LogP contribution in [0.3, 0.4) is 0 Å². The van der Waals surface area contributed by atoms with Gasteiger partial charge in [0.25, 0.3) is 0 Å². The quantitative estimate of drug-likeness (QED) is 0.580. The molecule has 0 saturated heterocycles. The predicted molar refractivity (Wildman–Crippen MR) is 78.7 cm³/mol. The summed E-state index contributed by atoms with van der Waals surface area (Å²) in [6.45, 7) is 0.407. The molecule has 1 N–H and O–H groups in total. The molecule has 1 amide bonds. The Hall–Kier alpha value is -1.86. The fourth-order valence-corrected chi connectivity index (χ4v) is 3.28. The summed E-state index contributed by atoms with van der Waals surface area (Å²) >= 11 is 2.98. The summed E-state index contributed by atoms with van der Waals surface area (Å²) < 4.78 is 5.15. The SMILES string of the molecule is O=C(CSc1ncnc2sccc12)NCc1ccco1. The number of fused-ring (bicyclic) bond motifs is 1. The largest absolute Gasteiger partial charge is 0.467 e. The van der Waals surface area contributed by atoms with E-state index in [1.165, 1.54) is 18.1 Å². The molecule has 0 bridgehead atoms. The minimum absolute atomic E-state index is 0.0478. The predicted octanol–water partition coefficient (Wildman–Crippen LogP) is 2.69. The lowest BCUT2D eigenvalue weighted by molar-refractivity contribution is -0.118. The summed E-state index contributed by atoms with van der Waals surface area (Å²) in [6.07, 6.45) is 3.12. The van der Waals surface area contributed by atoms with E-state index >= 15 is 0 Å². The van der Waals surface area contributed by atoms with E-state index in [1.807, 2.05) is 17.5 Å². The van der Waals surface area contributed by atoms with Crippen LogP contribution in [0.4, 0.5) is 0 Å². The van der Waals surface area contributed by atoms with Crippen LogP contribution in [0.15, 0.2) is 45.6 Å². The lowest BCUT2D eigenvalue weighted by Crippen LogP contribution is -2.24. The van der Waals surface area contributed by atoms with Crippen LogP contribution in [0, 0.1) is 0 Å². The second kappa shape index (κ2) is 6.06. The maximum atomic E-state index is 11.8. The monoisotopic (exact) mass is 305 g/mol. The number of furan rings is 1. The van der Waals surface area contributed by atoms with E-state index in [0.717, 1.165) is 21.0 Å². The lowest BCUT2D eigenvalue weighted by atomic mass is 10.4. The molecule has 0 aliphatic rings. The van der Waals surface area contributed by atoms with E-state index in [2.05, 4.69) is 15.3 Å². The minimum Gasteiger partial charge on any atom is -0.467 e. The third-order valence-electron chi connectivity index (χ3n) is 2.61. The Labute approximate surface area is 123 Å². The Morgan fingerprint density at radius 1 is 1.40 bits per heavy atom. The summed E-state index contributed by atoms with van der Waals surface area (Å²) in [6, 6.07) is 5.60. The highest BCUT2D eigenvalue weighted by atomic mass is 32.2. The van der Waals surface area contributed by atoms with Gasteiger partial charge in [-0.2, -0.15) is 0 Å². The zero-order chi connectivity index (χ0) is 13.8. The van der Waals surface area contributed by atoms with Gasteiger partial charge in [0.1, 0.15) is 21.9 Å². The first kappa shape index (κ1) is 13.1. The summed E-state index contributed by atoms with van der Waals surface area (Å²) in [4.78, 5) is 21.1. The van der Waals surface area contributed by atoms with Crippen molar-refractivity contribution in [3.05, 3.63) is 41.9 Å². The molecule has 3 rings (SSSR count). The van der Waals surface area contributed by atoms with Crippen LogP contribution in [-0.2, 0) is 11.3 Å². The van der Waals surface area contributed by atoms with Crippen LogP contribution < -0.4 is 5.32 Å². The molecule has 7 heteroatoms. The van der Waals surface area contributed by atoms with Crippen LogP contribution in [-0.4, -0.2) is 21.6 Å². The van der Waals surface area contributed by atoms with Gasteiger partial charge in [0.05, 0.1) is 18.6 Å². The Morgan fingerprint density at radius 3 is 3.20 bits per heavy atom. The molecule has 0 aliphatic heterocycles. The smallest absolute Gasteiger partial charge is 0.230 e. The number of amides is 1. The van der Waals surface area contributed by atoms with Crippen molar-refractivity contribution in [1.82, 2.24) is 15.3 Å². The first-order valence-electron chi connectivity index (χ1n) is 5.93. The highest BCUT2D eigenvalue weighted by Crippen LogP contribution is 2.27. The number of hydrogen-bond acceptors (Lipinski definition) is 6. The molecule has 3 heterocycles. The van der Waals surface area contributed by atoms with Crippen molar-refractivity contribution < 1.29 is 9.21 Å². The molecule has 5 nitrogen and oxygen atoms in total. The van der Waals surface area contributed by atoms with Gasteiger partial charge in [-0.3, -0.25) is 4.79 Å². The molecule has 0 radical (unpaired) electrons. The van der Waals surface area contributed by atoms with Crippen LogP contribution in [0.25, 0.3) is 10.2 Å². The number of nitrogens with zero attached hydrogens (tertiary/aromatic N) is 2. The maximum Gasteiger partial charge on any atom is 0.230 e. The third kappa shape index (κ3) is 3.00. The molecule has 0 atom stereocenters. The molecule has 0 aliphatic carbocycles. The normalized spacial score (nSPS) is 10.8. The number of carbonyl (C=O) groups excluding carboxylic acids is 1. The van der Waals surface area contributed by atoms with Crippen LogP contribution in [0.5, 0.6) is 0 Å². The molecule has 102 valence electrons. The van der Waals surface area contributed by atoms with Gasteiger partial charge in [0.15, 0.2) is 0 Å². The van der Waals surface area contributed by atoms with E-state index in [-0.39, 0.29) is 5.91 Å². The molecule has 0 saturated carbocycles. The highest BCUT2D eigenvalue weighted by Gasteiger charge is 2.08. The summed E-state index contributed by atoms with van der Waals surface area (Å²) in [5, 5.41) is 6.61. The number of carbonyl (C=O) groups is 1. The van der Waals surface area contributed by atoms with E-state index < -0.39 is 0 Å². The number of rotatable bonds is 5. The Balaban J connectivity index is 1.56. The van der Waals surface area contributed by atoms with Crippen molar-refractivity contribution in [3.8, 4) is 0 Å². The number of nitrogens with one attached hydrogen (secondary N) is 1. The van der Waals surface area contributed by atoms with Crippen molar-refractivity contribution >= 4 is 39.2 Å². The van der Waals surface area contributed by atoms with Gasteiger partial charge < -0.3 is 9.73 Å². The molecular formula is C13H11N3O2S2. The summed E-state index contributed by atoms with van der Waals surface area (Å²) in [5.41, 5.74) is 0. The van der Waals surface area contributed by atoms with E-state index in [0.29, 0.717) is 12.3 Å². The number of hydrogen-bond donors (Lipinski definition) is 1. The third-order valence-corrected chi connectivity index (χ3v) is 4.43. The Bertz CT molecular complexity index is 709. The summed E-state index contributed by atoms with van der Waals surface area (Å²) in [5.74, 6) is 1.02. The van der Waals surface area contributed by atoms with Crippen molar-refractivity contribution in [2.75, 3.05) is 5.75 Å². The van der Waals surface area contributed by atoms with Gasteiger partial charge in [-0.1, -0.05) is 11.8 Å². The standard InChI is InChI=1S/C13H11N3O2S2/c17-11(14-6-9-2-1-4-18-9)7-20-13-10-3-5-19-12(10)15-8-16-13/h1-5,8H,6-7H2,(H,14,17). The van der Waals surface area contributed by atoms with Crippen molar-refractivity contribution in [1.29, 1.82) is 0 Å². The van der Waals surface area contributed by atoms with Crippen molar-refractivity contribution in [3.63, 3.8) is 0 Å². The van der Waals surface area contributed by atoms with Crippen LogP contribution in [0.2, 0.25) is 0 Å². The van der Waals surface area contributed by atoms with Gasteiger partial charge in [-0.05, 0) is 23.6 Å².